The van der Waals surface area contributed by atoms with Gasteiger partial charge in [0, 0.05) is 19.2 Å². The van der Waals surface area contributed by atoms with Crippen LogP contribution in [0, 0.1) is 6.92 Å². The van der Waals surface area contributed by atoms with Gasteiger partial charge < -0.3 is 14.7 Å². The highest BCUT2D eigenvalue weighted by Crippen LogP contribution is 2.35. The summed E-state index contributed by atoms with van der Waals surface area (Å²) in [7, 11) is 1.52. The van der Waals surface area contributed by atoms with Crippen LogP contribution in [0.25, 0.3) is 0 Å². The van der Waals surface area contributed by atoms with Crippen molar-refractivity contribution in [2.24, 2.45) is 0 Å². The van der Waals surface area contributed by atoms with Gasteiger partial charge in [-0.3, -0.25) is 4.79 Å². The maximum atomic E-state index is 12.9. The van der Waals surface area contributed by atoms with Gasteiger partial charge in [0.05, 0.1) is 5.56 Å². The number of para-hydroxylation sites is 1. The smallest absolute Gasteiger partial charge is 0.419 e. The monoisotopic (exact) mass is 367 g/mol. The number of amides is 1. The fourth-order valence-corrected chi connectivity index (χ4v) is 2.48. The van der Waals surface area contributed by atoms with E-state index in [1.807, 2.05) is 6.07 Å². The van der Waals surface area contributed by atoms with Crippen molar-refractivity contribution in [2.75, 3.05) is 20.2 Å². The summed E-state index contributed by atoms with van der Waals surface area (Å²) in [6, 6.07) is 11.8. The van der Waals surface area contributed by atoms with Crippen LogP contribution in [0.4, 0.5) is 13.2 Å². The van der Waals surface area contributed by atoms with E-state index in [9.17, 15) is 23.1 Å². The Hall–Kier alpha value is -2.54. The number of carbonyl (C=O) groups is 1. The number of nitrogens with zero attached hydrogens (tertiary/aromatic N) is 1. The summed E-state index contributed by atoms with van der Waals surface area (Å²) in [6.07, 6.45) is -5.67. The van der Waals surface area contributed by atoms with Crippen LogP contribution in [0.2, 0.25) is 0 Å². The van der Waals surface area contributed by atoms with Crippen LogP contribution in [0.15, 0.2) is 48.5 Å². The fourth-order valence-electron chi connectivity index (χ4n) is 2.48. The van der Waals surface area contributed by atoms with Crippen molar-refractivity contribution in [1.29, 1.82) is 0 Å². The average molecular weight is 367 g/mol. The van der Waals surface area contributed by atoms with Gasteiger partial charge in [-0.05, 0) is 30.7 Å². The molecule has 2 aromatic rings. The number of aliphatic hydroxyl groups is 1. The van der Waals surface area contributed by atoms with Crippen molar-refractivity contribution in [1.82, 2.24) is 4.90 Å². The number of likely N-dealkylation sites (N-methyl/N-ethyl adjacent to an activating group) is 1. The normalized spacial score (nSPS) is 12.5. The molecule has 0 saturated heterocycles. The first kappa shape index (κ1) is 19.8. The van der Waals surface area contributed by atoms with Gasteiger partial charge in [0.2, 0.25) is 0 Å². The molecule has 0 fully saturated rings. The Balaban J connectivity index is 1.96. The number of hydrogen-bond donors (Lipinski definition) is 1. The van der Waals surface area contributed by atoms with E-state index in [-0.39, 0.29) is 24.8 Å². The molecule has 0 bridgehead atoms. The van der Waals surface area contributed by atoms with Crippen LogP contribution in [0.1, 0.15) is 21.5 Å². The third-order valence-electron chi connectivity index (χ3n) is 3.83. The number of aryl methyl sites for hydroxylation is 1. The predicted molar refractivity (Wildman–Crippen MR) is 91.1 cm³/mol. The summed E-state index contributed by atoms with van der Waals surface area (Å²) < 4.78 is 43.9. The Bertz CT molecular complexity index is 762. The minimum Gasteiger partial charge on any atom is -0.490 e. The summed E-state index contributed by atoms with van der Waals surface area (Å²) in [6.45, 7) is 1.37. The van der Waals surface area contributed by atoms with E-state index in [4.69, 9.17) is 4.74 Å². The number of aliphatic hydroxyl groups excluding tert-OH is 1. The third-order valence-corrected chi connectivity index (χ3v) is 3.83. The van der Waals surface area contributed by atoms with E-state index in [0.717, 1.165) is 11.6 Å². The molecule has 0 radical (unpaired) electrons. The van der Waals surface area contributed by atoms with Crippen LogP contribution >= 0.6 is 0 Å². The third kappa shape index (κ3) is 4.98. The maximum absolute atomic E-state index is 12.9. The molecule has 2 aromatic carbocycles. The second-order valence-corrected chi connectivity index (χ2v) is 5.96. The molecule has 2 rings (SSSR count). The van der Waals surface area contributed by atoms with Crippen LogP contribution in [-0.2, 0) is 6.18 Å². The summed E-state index contributed by atoms with van der Waals surface area (Å²) in [5.74, 6) is -0.634. The first-order valence-electron chi connectivity index (χ1n) is 7.98. The molecule has 140 valence electrons. The molecular weight excluding hydrogens is 347 g/mol. The highest BCUT2D eigenvalue weighted by Gasteiger charge is 2.34. The second kappa shape index (κ2) is 8.23. The van der Waals surface area contributed by atoms with Crippen molar-refractivity contribution in [3.05, 3.63) is 65.2 Å². The number of rotatable bonds is 6. The topological polar surface area (TPSA) is 49.8 Å². The lowest BCUT2D eigenvalue weighted by atomic mass is 10.1. The van der Waals surface area contributed by atoms with E-state index in [1.165, 1.54) is 30.1 Å². The van der Waals surface area contributed by atoms with Gasteiger partial charge in [-0.1, -0.05) is 30.3 Å². The molecule has 4 nitrogen and oxygen atoms in total. The average Bonchev–Trinajstić information content (AvgIpc) is 2.59. The predicted octanol–water partition coefficient (Wildman–Crippen LogP) is 3.53. The molecule has 0 aliphatic carbocycles. The number of alkyl halides is 3. The SMILES string of the molecule is Cc1ccccc1C(=O)N(C)C[C@@H](O)COc1ccccc1C(F)(F)F. The minimum absolute atomic E-state index is 0.0681. The first-order valence-corrected chi connectivity index (χ1v) is 7.98. The number of hydrogen-bond acceptors (Lipinski definition) is 3. The lowest BCUT2D eigenvalue weighted by Crippen LogP contribution is -2.37. The van der Waals surface area contributed by atoms with E-state index < -0.39 is 17.8 Å². The van der Waals surface area contributed by atoms with Gasteiger partial charge in [-0.15, -0.1) is 0 Å². The van der Waals surface area contributed by atoms with Crippen LogP contribution in [-0.4, -0.2) is 42.2 Å². The Morgan fingerprint density at radius 1 is 1.15 bits per heavy atom. The van der Waals surface area contributed by atoms with Gasteiger partial charge in [0.25, 0.3) is 5.91 Å². The van der Waals surface area contributed by atoms with Crippen LogP contribution in [0.3, 0.4) is 0 Å². The summed E-state index contributed by atoms with van der Waals surface area (Å²) >= 11 is 0. The number of ether oxygens (including phenoxy) is 1. The lowest BCUT2D eigenvalue weighted by Gasteiger charge is -2.22. The second-order valence-electron chi connectivity index (χ2n) is 5.96. The lowest BCUT2D eigenvalue weighted by molar-refractivity contribution is -0.139. The minimum atomic E-state index is -4.54. The zero-order valence-electron chi connectivity index (χ0n) is 14.5. The molecular formula is C19H20F3NO3. The molecule has 0 heterocycles. The fraction of sp³-hybridized carbons (Fsp3) is 0.316. The Morgan fingerprint density at radius 2 is 1.77 bits per heavy atom. The van der Waals surface area contributed by atoms with Gasteiger partial charge in [0.1, 0.15) is 18.5 Å². The molecule has 1 atom stereocenters. The molecule has 0 saturated carbocycles. The van der Waals surface area contributed by atoms with Crippen molar-refractivity contribution in [3.63, 3.8) is 0 Å². The molecule has 0 aliphatic heterocycles. The first-order chi connectivity index (χ1) is 12.2. The Kier molecular flexibility index (Phi) is 6.26. The summed E-state index contributed by atoms with van der Waals surface area (Å²) in [5, 5.41) is 10.0. The molecule has 0 unspecified atom stereocenters. The van der Waals surface area contributed by atoms with E-state index in [2.05, 4.69) is 0 Å². The van der Waals surface area contributed by atoms with Crippen molar-refractivity contribution in [2.45, 2.75) is 19.2 Å². The Labute approximate surface area is 149 Å². The highest BCUT2D eigenvalue weighted by molar-refractivity contribution is 5.95. The summed E-state index contributed by atoms with van der Waals surface area (Å²) in [5.41, 5.74) is 0.399. The van der Waals surface area contributed by atoms with Crippen molar-refractivity contribution >= 4 is 5.91 Å². The standard InChI is InChI=1S/C19H20F3NO3/c1-13-7-3-4-8-15(13)18(25)23(2)11-14(24)12-26-17-10-6-5-9-16(17)19(20,21)22/h3-10,14,24H,11-12H2,1-2H3/t14-/m1/s1. The maximum Gasteiger partial charge on any atom is 0.419 e. The Morgan fingerprint density at radius 3 is 2.42 bits per heavy atom. The molecule has 7 heteroatoms. The largest absolute Gasteiger partial charge is 0.490 e. The summed E-state index contributed by atoms with van der Waals surface area (Å²) in [4.78, 5) is 13.7. The zero-order chi connectivity index (χ0) is 19.3. The molecule has 1 amide bonds. The number of benzene rings is 2. The molecule has 0 aliphatic rings. The molecule has 0 spiro atoms. The van der Waals surface area contributed by atoms with Crippen molar-refractivity contribution in [3.8, 4) is 5.75 Å². The van der Waals surface area contributed by atoms with Gasteiger partial charge in [-0.2, -0.15) is 13.2 Å². The van der Waals surface area contributed by atoms with Crippen LogP contribution in [0.5, 0.6) is 5.75 Å². The van der Waals surface area contributed by atoms with E-state index in [0.29, 0.717) is 5.56 Å². The van der Waals surface area contributed by atoms with Crippen LogP contribution < -0.4 is 4.74 Å². The van der Waals surface area contributed by atoms with Gasteiger partial charge in [0.15, 0.2) is 0 Å². The van der Waals surface area contributed by atoms with Crippen molar-refractivity contribution < 1.29 is 27.8 Å². The van der Waals surface area contributed by atoms with E-state index in [1.54, 1.807) is 25.1 Å². The highest BCUT2D eigenvalue weighted by atomic mass is 19.4. The number of halogens is 3. The molecule has 1 N–H and O–H groups in total. The molecule has 0 aromatic heterocycles. The van der Waals surface area contributed by atoms with Gasteiger partial charge >= 0.3 is 6.18 Å². The number of carbonyl (C=O) groups excluding carboxylic acids is 1. The zero-order valence-corrected chi connectivity index (χ0v) is 14.5. The molecule has 26 heavy (non-hydrogen) atoms. The van der Waals surface area contributed by atoms with E-state index >= 15 is 0 Å². The van der Waals surface area contributed by atoms with Gasteiger partial charge in [-0.25, -0.2) is 0 Å². The quantitative estimate of drug-likeness (QED) is 0.850.